The van der Waals surface area contributed by atoms with Gasteiger partial charge >= 0.3 is 6.18 Å². The molecule has 2 aromatic carbocycles. The summed E-state index contributed by atoms with van der Waals surface area (Å²) in [6.45, 7) is 7.88. The van der Waals surface area contributed by atoms with Crippen LogP contribution in [0.1, 0.15) is 51.2 Å². The van der Waals surface area contributed by atoms with Gasteiger partial charge < -0.3 is 10.6 Å². The molecule has 0 radical (unpaired) electrons. The zero-order chi connectivity index (χ0) is 21.8. The fourth-order valence-corrected chi connectivity index (χ4v) is 3.22. The van der Waals surface area contributed by atoms with Crippen molar-refractivity contribution < 1.29 is 18.0 Å². The van der Waals surface area contributed by atoms with Crippen LogP contribution in [-0.4, -0.2) is 11.9 Å². The van der Waals surface area contributed by atoms with Crippen LogP contribution in [0.2, 0.25) is 5.02 Å². The molecule has 0 heterocycles. The van der Waals surface area contributed by atoms with Crippen LogP contribution in [0.25, 0.3) is 0 Å². The highest BCUT2D eigenvalue weighted by atomic mass is 35.5. The number of hydrogen-bond acceptors (Lipinski definition) is 2. The molecule has 7 heteroatoms. The second-order valence-electron chi connectivity index (χ2n) is 7.44. The Morgan fingerprint density at radius 1 is 1.07 bits per heavy atom. The van der Waals surface area contributed by atoms with E-state index < -0.39 is 17.8 Å². The minimum atomic E-state index is -4.48. The van der Waals surface area contributed by atoms with Crippen LogP contribution in [0.4, 0.5) is 24.5 Å². The molecule has 0 fully saturated rings. The zero-order valence-electron chi connectivity index (χ0n) is 16.9. The van der Waals surface area contributed by atoms with Crippen LogP contribution in [0.3, 0.4) is 0 Å². The third-order valence-electron chi connectivity index (χ3n) is 4.92. The fraction of sp³-hybridized carbons (Fsp3) is 0.409. The number of carbonyl (C=O) groups excluding carboxylic acids is 1. The first kappa shape index (κ1) is 23.1. The summed E-state index contributed by atoms with van der Waals surface area (Å²) in [6.07, 6.45) is -3.55. The van der Waals surface area contributed by atoms with Gasteiger partial charge in [-0.3, -0.25) is 4.79 Å². The summed E-state index contributed by atoms with van der Waals surface area (Å²) in [7, 11) is 0. The van der Waals surface area contributed by atoms with E-state index in [0.717, 1.165) is 29.8 Å². The number of nitrogens with one attached hydrogen (secondary N) is 2. The van der Waals surface area contributed by atoms with E-state index in [2.05, 4.69) is 24.5 Å². The molecule has 158 valence electrons. The largest absolute Gasteiger partial charge is 0.416 e. The van der Waals surface area contributed by atoms with Gasteiger partial charge in [-0.05, 0) is 48.1 Å². The van der Waals surface area contributed by atoms with Crippen molar-refractivity contribution in [1.29, 1.82) is 0 Å². The molecule has 0 aromatic heterocycles. The second kappa shape index (κ2) is 9.53. The van der Waals surface area contributed by atoms with Crippen molar-refractivity contribution in [2.75, 3.05) is 10.6 Å². The molecular weight excluding hydrogens is 401 g/mol. The molecule has 0 aliphatic rings. The first-order valence-corrected chi connectivity index (χ1v) is 9.95. The number of halogens is 4. The lowest BCUT2D eigenvalue weighted by Gasteiger charge is -2.25. The van der Waals surface area contributed by atoms with E-state index in [1.54, 1.807) is 0 Å². The van der Waals surface area contributed by atoms with Crippen molar-refractivity contribution in [2.45, 2.75) is 52.3 Å². The molecule has 2 N–H and O–H groups in total. The van der Waals surface area contributed by atoms with E-state index in [9.17, 15) is 18.0 Å². The van der Waals surface area contributed by atoms with Crippen molar-refractivity contribution in [2.24, 2.45) is 5.92 Å². The van der Waals surface area contributed by atoms with Gasteiger partial charge in [0.05, 0.1) is 16.3 Å². The van der Waals surface area contributed by atoms with Crippen LogP contribution in [0.5, 0.6) is 0 Å². The Morgan fingerprint density at radius 2 is 1.72 bits per heavy atom. The zero-order valence-corrected chi connectivity index (χ0v) is 17.7. The summed E-state index contributed by atoms with van der Waals surface area (Å²) in [6, 6.07) is 9.99. The summed E-state index contributed by atoms with van der Waals surface area (Å²) >= 11 is 6.04. The predicted molar refractivity (Wildman–Crippen MR) is 112 cm³/mol. The third kappa shape index (κ3) is 5.89. The Balaban J connectivity index is 2.24. The molecule has 0 saturated heterocycles. The summed E-state index contributed by atoms with van der Waals surface area (Å²) in [4.78, 5) is 13.0. The van der Waals surface area contributed by atoms with Gasteiger partial charge in [0.15, 0.2) is 0 Å². The van der Waals surface area contributed by atoms with E-state index in [-0.39, 0.29) is 28.5 Å². The van der Waals surface area contributed by atoms with Crippen molar-refractivity contribution in [3.63, 3.8) is 0 Å². The third-order valence-corrected chi connectivity index (χ3v) is 5.23. The maximum Gasteiger partial charge on any atom is 0.416 e. The Morgan fingerprint density at radius 3 is 2.28 bits per heavy atom. The molecule has 1 amide bonds. The van der Waals surface area contributed by atoms with Crippen LogP contribution in [0, 0.1) is 5.92 Å². The molecular formula is C22H26ClF3N2O. The minimum absolute atomic E-state index is 0.0849. The maximum absolute atomic E-state index is 13.0. The number of amides is 1. The highest BCUT2D eigenvalue weighted by Gasteiger charge is 2.31. The Kier molecular flexibility index (Phi) is 7.58. The summed E-state index contributed by atoms with van der Waals surface area (Å²) in [5, 5.41) is 5.87. The van der Waals surface area contributed by atoms with Gasteiger partial charge in [0.2, 0.25) is 5.91 Å². The SMILES string of the molecule is CCC(C)c1ccccc1NC(=O)C(Nc1ccc(C(F)(F)F)cc1Cl)C(C)C. The van der Waals surface area contributed by atoms with E-state index in [1.807, 2.05) is 38.1 Å². The average molecular weight is 427 g/mol. The molecule has 0 saturated carbocycles. The number of hydrogen-bond donors (Lipinski definition) is 2. The average Bonchev–Trinajstić information content (AvgIpc) is 2.65. The van der Waals surface area contributed by atoms with E-state index >= 15 is 0 Å². The monoisotopic (exact) mass is 426 g/mol. The maximum atomic E-state index is 13.0. The molecule has 0 aliphatic carbocycles. The lowest BCUT2D eigenvalue weighted by Crippen LogP contribution is -2.39. The Hall–Kier alpha value is -2.21. The highest BCUT2D eigenvalue weighted by molar-refractivity contribution is 6.33. The quantitative estimate of drug-likeness (QED) is 0.503. The van der Waals surface area contributed by atoms with Gasteiger partial charge in [-0.15, -0.1) is 0 Å². The predicted octanol–water partition coefficient (Wildman–Crippen LogP) is 6.95. The van der Waals surface area contributed by atoms with Gasteiger partial charge in [-0.25, -0.2) is 0 Å². The molecule has 0 aliphatic heterocycles. The van der Waals surface area contributed by atoms with Gasteiger partial charge in [0, 0.05) is 5.69 Å². The molecule has 2 aromatic rings. The molecule has 2 atom stereocenters. The Bertz CT molecular complexity index is 852. The number of rotatable bonds is 7. The van der Waals surface area contributed by atoms with Gasteiger partial charge in [-0.2, -0.15) is 13.2 Å². The van der Waals surface area contributed by atoms with Crippen LogP contribution in [0.15, 0.2) is 42.5 Å². The fourth-order valence-electron chi connectivity index (χ4n) is 2.98. The van der Waals surface area contributed by atoms with Crippen molar-refractivity contribution in [3.8, 4) is 0 Å². The number of benzene rings is 2. The van der Waals surface area contributed by atoms with Crippen LogP contribution >= 0.6 is 11.6 Å². The Labute approximate surface area is 174 Å². The molecule has 3 nitrogen and oxygen atoms in total. The standard InChI is InChI=1S/C22H26ClF3N2O/c1-5-14(4)16-8-6-7-9-18(16)28-21(29)20(13(2)3)27-19-11-10-15(12-17(19)23)22(24,25)26/h6-14,20,27H,5H2,1-4H3,(H,28,29). The summed E-state index contributed by atoms with van der Waals surface area (Å²) < 4.78 is 38.5. The van der Waals surface area contributed by atoms with Crippen molar-refractivity contribution in [3.05, 3.63) is 58.6 Å². The number of alkyl halides is 3. The highest BCUT2D eigenvalue weighted by Crippen LogP contribution is 2.34. The molecule has 0 spiro atoms. The minimum Gasteiger partial charge on any atom is -0.372 e. The topological polar surface area (TPSA) is 41.1 Å². The summed E-state index contributed by atoms with van der Waals surface area (Å²) in [5.74, 6) is -0.114. The second-order valence-corrected chi connectivity index (χ2v) is 7.85. The van der Waals surface area contributed by atoms with Gasteiger partial charge in [-0.1, -0.05) is 57.5 Å². The number of para-hydroxylation sites is 1. The van der Waals surface area contributed by atoms with Crippen molar-refractivity contribution >= 4 is 28.9 Å². The normalized spacial score (nSPS) is 13.8. The summed E-state index contributed by atoms with van der Waals surface area (Å²) in [5.41, 5.74) is 1.22. The lowest BCUT2D eigenvalue weighted by molar-refractivity contribution is -0.137. The lowest BCUT2D eigenvalue weighted by atomic mass is 9.96. The first-order valence-electron chi connectivity index (χ1n) is 9.57. The van der Waals surface area contributed by atoms with Crippen molar-refractivity contribution in [1.82, 2.24) is 0 Å². The van der Waals surface area contributed by atoms with E-state index in [1.165, 1.54) is 6.07 Å². The van der Waals surface area contributed by atoms with Gasteiger partial charge in [0.1, 0.15) is 6.04 Å². The first-order chi connectivity index (χ1) is 13.5. The molecule has 29 heavy (non-hydrogen) atoms. The van der Waals surface area contributed by atoms with E-state index in [4.69, 9.17) is 11.6 Å². The molecule has 2 rings (SSSR count). The van der Waals surface area contributed by atoms with Crippen LogP contribution in [-0.2, 0) is 11.0 Å². The van der Waals surface area contributed by atoms with E-state index in [0.29, 0.717) is 0 Å². The molecule has 0 bridgehead atoms. The number of carbonyl (C=O) groups is 1. The van der Waals surface area contributed by atoms with Gasteiger partial charge in [0.25, 0.3) is 0 Å². The van der Waals surface area contributed by atoms with Crippen LogP contribution < -0.4 is 10.6 Å². The number of anilines is 2. The smallest absolute Gasteiger partial charge is 0.372 e. The molecule has 2 unspecified atom stereocenters.